The molecule has 1 fully saturated rings. The first-order valence-electron chi connectivity index (χ1n) is 7.85. The number of aliphatic hydroxyl groups excluding tert-OH is 1. The van der Waals surface area contributed by atoms with Gasteiger partial charge in [0.2, 0.25) is 0 Å². The Bertz CT molecular complexity index is 675. The topological polar surface area (TPSA) is 73.7 Å². The van der Waals surface area contributed by atoms with Crippen molar-refractivity contribution in [3.8, 4) is 11.1 Å². The van der Waals surface area contributed by atoms with Crippen molar-refractivity contribution in [1.82, 2.24) is 9.88 Å². The van der Waals surface area contributed by atoms with Gasteiger partial charge in [-0.05, 0) is 54.2 Å². The van der Waals surface area contributed by atoms with Crippen molar-refractivity contribution in [3.05, 3.63) is 54.4 Å². The Morgan fingerprint density at radius 2 is 1.96 bits per heavy atom. The number of rotatable bonds is 3. The molecule has 5 heteroatoms. The van der Waals surface area contributed by atoms with Crippen LogP contribution in [0.5, 0.6) is 0 Å². The van der Waals surface area contributed by atoms with Gasteiger partial charge < -0.3 is 15.1 Å². The SMILES string of the molecule is O=C(O)N1CCCC[C@H]1C(O)c1cccc(-c2ccncc2)c1. The highest BCUT2D eigenvalue weighted by molar-refractivity contribution is 5.66. The maximum Gasteiger partial charge on any atom is 0.407 e. The molecule has 0 aliphatic carbocycles. The fourth-order valence-electron chi connectivity index (χ4n) is 3.19. The first-order chi connectivity index (χ1) is 11.2. The molecule has 1 aromatic heterocycles. The summed E-state index contributed by atoms with van der Waals surface area (Å²) in [6.07, 6.45) is 4.17. The summed E-state index contributed by atoms with van der Waals surface area (Å²) in [5.41, 5.74) is 2.76. The summed E-state index contributed by atoms with van der Waals surface area (Å²) in [7, 11) is 0. The Morgan fingerprint density at radius 1 is 1.17 bits per heavy atom. The van der Waals surface area contributed by atoms with Gasteiger partial charge in [0.25, 0.3) is 0 Å². The van der Waals surface area contributed by atoms with Crippen LogP contribution in [0.3, 0.4) is 0 Å². The van der Waals surface area contributed by atoms with Gasteiger partial charge in [0, 0.05) is 18.9 Å². The largest absolute Gasteiger partial charge is 0.465 e. The highest BCUT2D eigenvalue weighted by Gasteiger charge is 2.32. The van der Waals surface area contributed by atoms with E-state index in [-0.39, 0.29) is 6.04 Å². The molecule has 1 aliphatic heterocycles. The molecule has 0 bridgehead atoms. The van der Waals surface area contributed by atoms with E-state index in [2.05, 4.69) is 4.98 Å². The number of carboxylic acid groups (broad SMARTS) is 1. The van der Waals surface area contributed by atoms with Gasteiger partial charge in [-0.3, -0.25) is 4.98 Å². The molecule has 1 aromatic carbocycles. The molecular formula is C18H20N2O3. The first-order valence-corrected chi connectivity index (χ1v) is 7.85. The van der Waals surface area contributed by atoms with Crippen LogP contribution in [0, 0.1) is 0 Å². The predicted molar refractivity (Wildman–Crippen MR) is 87.0 cm³/mol. The summed E-state index contributed by atoms with van der Waals surface area (Å²) in [5.74, 6) is 0. The molecule has 120 valence electrons. The number of hydrogen-bond donors (Lipinski definition) is 2. The standard InChI is InChI=1S/C18H20N2O3/c21-17(16-6-1-2-11-20(16)18(22)23)15-5-3-4-14(12-15)13-7-9-19-10-8-13/h3-5,7-10,12,16-17,21H,1-2,6,11H2,(H,22,23)/t16-,17?/m0/s1. The van der Waals surface area contributed by atoms with E-state index in [9.17, 15) is 15.0 Å². The van der Waals surface area contributed by atoms with Crippen molar-refractivity contribution < 1.29 is 15.0 Å². The monoisotopic (exact) mass is 312 g/mol. The van der Waals surface area contributed by atoms with Crippen molar-refractivity contribution in [2.75, 3.05) is 6.54 Å². The molecule has 23 heavy (non-hydrogen) atoms. The van der Waals surface area contributed by atoms with Crippen molar-refractivity contribution in [1.29, 1.82) is 0 Å². The number of aromatic nitrogens is 1. The van der Waals surface area contributed by atoms with Gasteiger partial charge in [-0.25, -0.2) is 4.79 Å². The average molecular weight is 312 g/mol. The number of piperidine rings is 1. The number of nitrogens with zero attached hydrogens (tertiary/aromatic N) is 2. The normalized spacial score (nSPS) is 19.3. The average Bonchev–Trinajstić information content (AvgIpc) is 2.62. The molecule has 1 aliphatic rings. The Labute approximate surface area is 135 Å². The van der Waals surface area contributed by atoms with Crippen molar-refractivity contribution in [3.63, 3.8) is 0 Å². The first kappa shape index (κ1) is 15.5. The lowest BCUT2D eigenvalue weighted by Gasteiger charge is -2.36. The number of likely N-dealkylation sites (tertiary alicyclic amines) is 1. The van der Waals surface area contributed by atoms with Gasteiger partial charge in [0.1, 0.15) is 0 Å². The van der Waals surface area contributed by atoms with Crippen LogP contribution in [-0.4, -0.2) is 38.8 Å². The molecular weight excluding hydrogens is 292 g/mol. The zero-order valence-electron chi connectivity index (χ0n) is 12.8. The van der Waals surface area contributed by atoms with Crippen LogP contribution in [0.25, 0.3) is 11.1 Å². The van der Waals surface area contributed by atoms with Crippen LogP contribution in [-0.2, 0) is 0 Å². The third kappa shape index (κ3) is 3.35. The van der Waals surface area contributed by atoms with E-state index in [0.29, 0.717) is 13.0 Å². The maximum absolute atomic E-state index is 11.4. The molecule has 2 N–H and O–H groups in total. The second-order valence-corrected chi connectivity index (χ2v) is 5.85. The van der Waals surface area contributed by atoms with E-state index in [1.54, 1.807) is 12.4 Å². The van der Waals surface area contributed by atoms with Gasteiger partial charge in [-0.15, -0.1) is 0 Å². The second kappa shape index (κ2) is 6.79. The number of carbonyl (C=O) groups is 1. The quantitative estimate of drug-likeness (QED) is 0.912. The number of hydrogen-bond acceptors (Lipinski definition) is 3. The Morgan fingerprint density at radius 3 is 2.70 bits per heavy atom. The van der Waals surface area contributed by atoms with Gasteiger partial charge >= 0.3 is 6.09 Å². The van der Waals surface area contributed by atoms with E-state index in [4.69, 9.17) is 0 Å². The minimum Gasteiger partial charge on any atom is -0.465 e. The fraction of sp³-hybridized carbons (Fsp3) is 0.333. The summed E-state index contributed by atoms with van der Waals surface area (Å²) >= 11 is 0. The molecule has 5 nitrogen and oxygen atoms in total. The van der Waals surface area contributed by atoms with Gasteiger partial charge in [0.15, 0.2) is 0 Å². The highest BCUT2D eigenvalue weighted by atomic mass is 16.4. The van der Waals surface area contributed by atoms with Crippen LogP contribution in [0.15, 0.2) is 48.8 Å². The molecule has 0 saturated carbocycles. The summed E-state index contributed by atoms with van der Waals surface area (Å²) < 4.78 is 0. The summed E-state index contributed by atoms with van der Waals surface area (Å²) in [5, 5.41) is 20.1. The van der Waals surface area contributed by atoms with Crippen LogP contribution >= 0.6 is 0 Å². The molecule has 1 amide bonds. The molecule has 3 rings (SSSR count). The van der Waals surface area contributed by atoms with Gasteiger partial charge in [0.05, 0.1) is 12.1 Å². The van der Waals surface area contributed by atoms with E-state index >= 15 is 0 Å². The molecule has 1 unspecified atom stereocenters. The molecule has 0 spiro atoms. The van der Waals surface area contributed by atoms with Crippen LogP contribution < -0.4 is 0 Å². The Kier molecular flexibility index (Phi) is 4.57. The van der Waals surface area contributed by atoms with Gasteiger partial charge in [-0.1, -0.05) is 18.2 Å². The summed E-state index contributed by atoms with van der Waals surface area (Å²) in [6, 6.07) is 11.1. The Hall–Kier alpha value is -2.40. The van der Waals surface area contributed by atoms with Gasteiger partial charge in [-0.2, -0.15) is 0 Å². The lowest BCUT2D eigenvalue weighted by Crippen LogP contribution is -2.46. The summed E-state index contributed by atoms with van der Waals surface area (Å²) in [4.78, 5) is 16.8. The molecule has 0 radical (unpaired) electrons. The van der Waals surface area contributed by atoms with E-state index < -0.39 is 12.2 Å². The molecule has 1 saturated heterocycles. The van der Waals surface area contributed by atoms with E-state index in [1.165, 1.54) is 4.90 Å². The van der Waals surface area contributed by atoms with Crippen molar-refractivity contribution >= 4 is 6.09 Å². The minimum atomic E-state index is -0.959. The predicted octanol–water partition coefficient (Wildman–Crippen LogP) is 3.31. The van der Waals surface area contributed by atoms with Crippen LogP contribution in [0.4, 0.5) is 4.79 Å². The van der Waals surface area contributed by atoms with Crippen molar-refractivity contribution in [2.45, 2.75) is 31.4 Å². The fourth-order valence-corrected chi connectivity index (χ4v) is 3.19. The number of amides is 1. The Balaban J connectivity index is 1.87. The summed E-state index contributed by atoms with van der Waals surface area (Å²) in [6.45, 7) is 0.487. The zero-order valence-corrected chi connectivity index (χ0v) is 12.8. The van der Waals surface area contributed by atoms with Crippen LogP contribution in [0.2, 0.25) is 0 Å². The van der Waals surface area contributed by atoms with Crippen LogP contribution in [0.1, 0.15) is 30.9 Å². The third-order valence-electron chi connectivity index (χ3n) is 4.40. The lowest BCUT2D eigenvalue weighted by atomic mass is 9.92. The molecule has 2 aromatic rings. The minimum absolute atomic E-state index is 0.381. The maximum atomic E-state index is 11.4. The van der Waals surface area contributed by atoms with E-state index in [1.807, 2.05) is 36.4 Å². The number of benzene rings is 1. The second-order valence-electron chi connectivity index (χ2n) is 5.85. The lowest BCUT2D eigenvalue weighted by molar-refractivity contribution is 0.0286. The number of aliphatic hydroxyl groups is 1. The molecule has 2 atom stereocenters. The van der Waals surface area contributed by atoms with E-state index in [0.717, 1.165) is 29.5 Å². The third-order valence-corrected chi connectivity index (χ3v) is 4.40. The zero-order chi connectivity index (χ0) is 16.2. The smallest absolute Gasteiger partial charge is 0.407 e. The number of pyridine rings is 1. The highest BCUT2D eigenvalue weighted by Crippen LogP contribution is 2.30. The van der Waals surface area contributed by atoms with Crippen molar-refractivity contribution in [2.24, 2.45) is 0 Å². The molecule has 2 heterocycles.